The smallest absolute Gasteiger partial charge is 0.337 e. The van der Waals surface area contributed by atoms with Crippen molar-refractivity contribution < 1.29 is 23.9 Å². The third kappa shape index (κ3) is 4.78. The molecule has 3 atom stereocenters. The monoisotopic (exact) mass is 485 g/mol. The summed E-state index contributed by atoms with van der Waals surface area (Å²) < 4.78 is 11.0. The first-order valence-corrected chi connectivity index (χ1v) is 12.5. The Kier molecular flexibility index (Phi) is 7.46. The number of ether oxygens (including phenoxy) is 2. The van der Waals surface area contributed by atoms with Crippen molar-refractivity contribution in [3.05, 3.63) is 57.4 Å². The first-order chi connectivity index (χ1) is 16.3. The Bertz CT molecular complexity index is 1030. The topological polar surface area (TPSA) is 81.7 Å². The lowest BCUT2D eigenvalue weighted by atomic mass is 9.69. The van der Waals surface area contributed by atoms with E-state index in [0.717, 1.165) is 49.8 Å². The Morgan fingerprint density at radius 1 is 1.06 bits per heavy atom. The molecule has 0 spiro atoms. The number of benzene rings is 1. The second-order valence-electron chi connectivity index (χ2n) is 9.61. The number of methoxy groups -OCH3 is 1. The van der Waals surface area contributed by atoms with Crippen LogP contribution in [0.3, 0.4) is 0 Å². The summed E-state index contributed by atoms with van der Waals surface area (Å²) in [5, 5.41) is 3.87. The highest BCUT2D eigenvalue weighted by atomic mass is 35.5. The van der Waals surface area contributed by atoms with Crippen LogP contribution in [0.5, 0.6) is 0 Å². The van der Waals surface area contributed by atoms with Gasteiger partial charge in [-0.3, -0.25) is 9.59 Å². The lowest BCUT2D eigenvalue weighted by Crippen LogP contribution is -2.43. The fourth-order valence-corrected chi connectivity index (χ4v) is 5.64. The molecule has 34 heavy (non-hydrogen) atoms. The third-order valence-corrected chi connectivity index (χ3v) is 7.49. The summed E-state index contributed by atoms with van der Waals surface area (Å²) in [6.07, 6.45) is 6.49. The maximum atomic E-state index is 13.7. The van der Waals surface area contributed by atoms with Gasteiger partial charge in [-0.05, 0) is 62.6 Å². The Morgan fingerprint density at radius 2 is 1.71 bits per heavy atom. The summed E-state index contributed by atoms with van der Waals surface area (Å²) in [5.74, 6) is -3.03. The highest BCUT2D eigenvalue weighted by Gasteiger charge is 2.47. The van der Waals surface area contributed by atoms with Gasteiger partial charge in [0.05, 0.1) is 12.7 Å². The molecule has 0 saturated heterocycles. The van der Waals surface area contributed by atoms with Crippen LogP contribution in [-0.2, 0) is 23.9 Å². The number of halogens is 1. The second kappa shape index (κ2) is 10.3. The number of carbonyl (C=O) groups excluding carboxylic acids is 3. The molecule has 1 saturated carbocycles. The molecule has 0 amide bonds. The summed E-state index contributed by atoms with van der Waals surface area (Å²) in [6.45, 7) is 3.72. The van der Waals surface area contributed by atoms with E-state index in [9.17, 15) is 14.4 Å². The van der Waals surface area contributed by atoms with E-state index in [1.165, 1.54) is 7.11 Å². The SMILES string of the molecule is COC(=O)[C@@H]1C(=O)C2=C(C[C@H]1C)NC(C)=C(C(=O)OC1CCCCCC1)[C@@H]2c1ccc(Cl)cc1. The van der Waals surface area contributed by atoms with E-state index >= 15 is 0 Å². The summed E-state index contributed by atoms with van der Waals surface area (Å²) in [4.78, 5) is 39.8. The molecule has 2 aliphatic carbocycles. The van der Waals surface area contributed by atoms with Gasteiger partial charge in [-0.25, -0.2) is 4.79 Å². The number of esters is 2. The van der Waals surface area contributed by atoms with Crippen LogP contribution >= 0.6 is 11.6 Å². The molecule has 1 heterocycles. The van der Waals surface area contributed by atoms with Crippen molar-refractivity contribution in [2.24, 2.45) is 11.8 Å². The number of ketones is 1. The summed E-state index contributed by atoms with van der Waals surface area (Å²) in [5.41, 5.74) is 3.04. The molecule has 3 aliphatic rings. The minimum absolute atomic E-state index is 0.124. The van der Waals surface area contributed by atoms with E-state index in [1.54, 1.807) is 12.1 Å². The third-order valence-electron chi connectivity index (χ3n) is 7.24. The molecule has 1 fully saturated rings. The number of hydrogen-bond acceptors (Lipinski definition) is 6. The highest BCUT2D eigenvalue weighted by molar-refractivity contribution is 6.30. The molecule has 7 heteroatoms. The Balaban J connectivity index is 1.76. The molecule has 0 bridgehead atoms. The zero-order chi connectivity index (χ0) is 24.4. The number of dihydropyridines is 1. The fourth-order valence-electron chi connectivity index (χ4n) is 5.51. The molecule has 0 radical (unpaired) electrons. The number of allylic oxidation sites excluding steroid dienone is 3. The van der Waals surface area contributed by atoms with Crippen LogP contribution < -0.4 is 5.32 Å². The van der Waals surface area contributed by atoms with Gasteiger partial charge in [0.25, 0.3) is 0 Å². The van der Waals surface area contributed by atoms with E-state index in [1.807, 2.05) is 26.0 Å². The number of nitrogens with one attached hydrogen (secondary N) is 1. The van der Waals surface area contributed by atoms with Crippen LogP contribution in [0, 0.1) is 11.8 Å². The molecule has 1 N–H and O–H groups in total. The molecule has 1 aromatic carbocycles. The Morgan fingerprint density at radius 3 is 2.32 bits per heavy atom. The number of hydrogen-bond donors (Lipinski definition) is 1. The van der Waals surface area contributed by atoms with Gasteiger partial charge in [-0.1, -0.05) is 43.5 Å². The maximum absolute atomic E-state index is 13.7. The zero-order valence-electron chi connectivity index (χ0n) is 20.0. The van der Waals surface area contributed by atoms with Gasteiger partial charge in [0.1, 0.15) is 12.0 Å². The van der Waals surface area contributed by atoms with Gasteiger partial charge in [0.2, 0.25) is 0 Å². The zero-order valence-corrected chi connectivity index (χ0v) is 20.7. The van der Waals surface area contributed by atoms with Crippen molar-refractivity contribution in [2.75, 3.05) is 7.11 Å². The quantitative estimate of drug-likeness (QED) is 0.358. The van der Waals surface area contributed by atoms with Crippen molar-refractivity contribution in [1.82, 2.24) is 5.32 Å². The average Bonchev–Trinajstić information content (AvgIpc) is 3.07. The van der Waals surface area contributed by atoms with Crippen molar-refractivity contribution in [1.29, 1.82) is 0 Å². The average molecular weight is 486 g/mol. The lowest BCUT2D eigenvalue weighted by molar-refractivity contribution is -0.151. The highest BCUT2D eigenvalue weighted by Crippen LogP contribution is 2.45. The molecular weight excluding hydrogens is 454 g/mol. The van der Waals surface area contributed by atoms with Crippen LogP contribution in [0.4, 0.5) is 0 Å². The van der Waals surface area contributed by atoms with Gasteiger partial charge < -0.3 is 14.8 Å². The predicted molar refractivity (Wildman–Crippen MR) is 129 cm³/mol. The lowest BCUT2D eigenvalue weighted by Gasteiger charge is -2.38. The van der Waals surface area contributed by atoms with Crippen LogP contribution in [0.1, 0.15) is 70.3 Å². The van der Waals surface area contributed by atoms with Gasteiger partial charge in [-0.15, -0.1) is 0 Å². The van der Waals surface area contributed by atoms with Crippen molar-refractivity contribution >= 4 is 29.3 Å². The van der Waals surface area contributed by atoms with E-state index in [2.05, 4.69) is 5.32 Å². The minimum Gasteiger partial charge on any atom is -0.468 e. The van der Waals surface area contributed by atoms with Gasteiger partial charge >= 0.3 is 11.9 Å². The first-order valence-electron chi connectivity index (χ1n) is 12.1. The van der Waals surface area contributed by atoms with Gasteiger partial charge in [0.15, 0.2) is 5.78 Å². The normalized spacial score (nSPS) is 25.9. The molecular formula is C27H32ClNO5. The molecule has 4 rings (SSSR count). The van der Waals surface area contributed by atoms with E-state index in [0.29, 0.717) is 28.3 Å². The summed E-state index contributed by atoms with van der Waals surface area (Å²) >= 11 is 6.14. The van der Waals surface area contributed by atoms with E-state index in [-0.39, 0.29) is 17.8 Å². The molecule has 0 aromatic heterocycles. The molecule has 6 nitrogen and oxygen atoms in total. The maximum Gasteiger partial charge on any atom is 0.337 e. The second-order valence-corrected chi connectivity index (χ2v) is 10.0. The van der Waals surface area contributed by atoms with Crippen LogP contribution in [0.25, 0.3) is 0 Å². The van der Waals surface area contributed by atoms with Gasteiger partial charge in [-0.2, -0.15) is 0 Å². The Labute approximate surface area is 205 Å². The minimum atomic E-state index is -0.905. The van der Waals surface area contributed by atoms with Crippen LogP contribution in [0.2, 0.25) is 5.02 Å². The van der Waals surface area contributed by atoms with Crippen LogP contribution in [-0.4, -0.2) is 30.9 Å². The molecule has 0 unspecified atom stereocenters. The van der Waals surface area contributed by atoms with E-state index in [4.69, 9.17) is 21.1 Å². The van der Waals surface area contributed by atoms with Crippen molar-refractivity contribution in [3.8, 4) is 0 Å². The molecule has 182 valence electrons. The summed E-state index contributed by atoms with van der Waals surface area (Å²) in [6, 6.07) is 7.15. The molecule has 1 aromatic rings. The number of carbonyl (C=O) groups is 3. The number of Topliss-reactive ketones (excluding diaryl/α,β-unsaturated/α-hetero) is 1. The largest absolute Gasteiger partial charge is 0.468 e. The standard InChI is InChI=1S/C27H32ClNO5/c1-15-14-20-24(25(30)21(15)26(31)33-3)23(17-10-12-18(28)13-11-17)22(16(2)29-20)27(32)34-19-8-6-4-5-7-9-19/h10-13,15,19,21,23,29H,4-9,14H2,1-3H3/t15-,21+,23+/m1/s1. The Hall–Kier alpha value is -2.60. The van der Waals surface area contributed by atoms with E-state index < -0.39 is 23.8 Å². The predicted octanol–water partition coefficient (Wildman–Crippen LogP) is 5.22. The van der Waals surface area contributed by atoms with Crippen molar-refractivity contribution in [3.63, 3.8) is 0 Å². The molecule has 1 aliphatic heterocycles. The van der Waals surface area contributed by atoms with Crippen LogP contribution in [0.15, 0.2) is 46.8 Å². The number of rotatable bonds is 4. The summed E-state index contributed by atoms with van der Waals surface area (Å²) in [7, 11) is 1.29. The first kappa shape index (κ1) is 24.5. The van der Waals surface area contributed by atoms with Gasteiger partial charge in [0, 0.05) is 27.9 Å². The van der Waals surface area contributed by atoms with Crippen molar-refractivity contribution in [2.45, 2.75) is 70.8 Å². The fraction of sp³-hybridized carbons (Fsp3) is 0.519.